The van der Waals surface area contributed by atoms with Gasteiger partial charge in [-0.05, 0) is 64.0 Å². The van der Waals surface area contributed by atoms with Gasteiger partial charge in [0.15, 0.2) is 0 Å². The monoisotopic (exact) mass is 345 g/mol. The van der Waals surface area contributed by atoms with Gasteiger partial charge < -0.3 is 14.0 Å². The molecule has 0 spiro atoms. The van der Waals surface area contributed by atoms with Crippen LogP contribution >= 0.6 is 0 Å². The summed E-state index contributed by atoms with van der Waals surface area (Å²) in [5.41, 5.74) is 1.31. The molecule has 0 N–H and O–H groups in total. The smallest absolute Gasteiger partial charge is 0.331 e. The van der Waals surface area contributed by atoms with Gasteiger partial charge in [-0.1, -0.05) is 0 Å². The van der Waals surface area contributed by atoms with Crippen LogP contribution in [0.1, 0.15) is 45.3 Å². The van der Waals surface area contributed by atoms with Crippen molar-refractivity contribution >= 4 is 22.9 Å². The number of fused-ring (bicyclic) bond motifs is 1. The Labute approximate surface area is 147 Å². The first-order valence-corrected chi connectivity index (χ1v) is 8.63. The summed E-state index contributed by atoms with van der Waals surface area (Å²) in [4.78, 5) is 12.0. The summed E-state index contributed by atoms with van der Waals surface area (Å²) in [5.74, 6) is -0.651. The third kappa shape index (κ3) is 4.28. The van der Waals surface area contributed by atoms with Crippen LogP contribution in [-0.4, -0.2) is 29.4 Å². The van der Waals surface area contributed by atoms with Gasteiger partial charge in [-0.3, -0.25) is 0 Å². The second-order valence-electron chi connectivity index (χ2n) is 7.35. The highest BCUT2D eigenvalue weighted by Gasteiger charge is 2.20. The van der Waals surface area contributed by atoms with Crippen molar-refractivity contribution in [2.75, 3.05) is 13.2 Å². The van der Waals surface area contributed by atoms with Crippen LogP contribution in [0.2, 0.25) is 0 Å². The number of halogens is 1. The van der Waals surface area contributed by atoms with Crippen molar-refractivity contribution in [1.82, 2.24) is 4.57 Å². The lowest BCUT2D eigenvalue weighted by Crippen LogP contribution is -2.22. The molecule has 0 unspecified atom stereocenters. The maximum absolute atomic E-state index is 13.6. The molecule has 0 aliphatic carbocycles. The van der Waals surface area contributed by atoms with E-state index >= 15 is 0 Å². The van der Waals surface area contributed by atoms with E-state index in [1.165, 1.54) is 18.2 Å². The molecule has 5 heteroatoms. The molecule has 134 valence electrons. The summed E-state index contributed by atoms with van der Waals surface area (Å²) in [6.45, 7) is 6.92. The van der Waals surface area contributed by atoms with Gasteiger partial charge in [0.2, 0.25) is 0 Å². The molecule has 1 fully saturated rings. The van der Waals surface area contributed by atoms with E-state index in [0.717, 1.165) is 29.4 Å². The fourth-order valence-corrected chi connectivity index (χ4v) is 3.20. The van der Waals surface area contributed by atoms with Gasteiger partial charge in [0.05, 0.1) is 0 Å². The molecule has 1 aliphatic rings. The van der Waals surface area contributed by atoms with Crippen molar-refractivity contribution in [1.29, 1.82) is 0 Å². The van der Waals surface area contributed by atoms with Crippen molar-refractivity contribution in [2.24, 2.45) is 0 Å². The summed E-state index contributed by atoms with van der Waals surface area (Å²) in [5, 5.41) is 0.829. The summed E-state index contributed by atoms with van der Waals surface area (Å²) in [6, 6.07) is 6.98. The molecular weight excluding hydrogens is 321 g/mol. The Balaban J connectivity index is 1.96. The highest BCUT2D eigenvalue weighted by atomic mass is 19.1. The first-order valence-electron chi connectivity index (χ1n) is 8.63. The second kappa shape index (κ2) is 7.00. The molecule has 1 aliphatic heterocycles. The molecule has 0 bridgehead atoms. The third-order valence-electron chi connectivity index (χ3n) is 4.18. The Morgan fingerprint density at radius 1 is 1.28 bits per heavy atom. The Kier molecular flexibility index (Phi) is 4.95. The average Bonchev–Trinajstić information content (AvgIpc) is 2.89. The van der Waals surface area contributed by atoms with Gasteiger partial charge in [0.25, 0.3) is 0 Å². The molecular formula is C20H24FNO3. The zero-order chi connectivity index (χ0) is 18.0. The molecule has 25 heavy (non-hydrogen) atoms. The van der Waals surface area contributed by atoms with Gasteiger partial charge in [0.1, 0.15) is 11.4 Å². The normalized spacial score (nSPS) is 16.6. The predicted octanol–water partition coefficient (Wildman–Crippen LogP) is 4.49. The Bertz CT molecular complexity index is 795. The van der Waals surface area contributed by atoms with Crippen LogP contribution < -0.4 is 0 Å². The van der Waals surface area contributed by atoms with Gasteiger partial charge in [-0.15, -0.1) is 0 Å². The molecule has 0 atom stereocenters. The number of hydrogen-bond acceptors (Lipinski definition) is 3. The first kappa shape index (κ1) is 17.7. The number of benzene rings is 1. The van der Waals surface area contributed by atoms with Gasteiger partial charge >= 0.3 is 5.97 Å². The maximum Gasteiger partial charge on any atom is 0.331 e. The molecule has 2 aromatic rings. The molecule has 0 radical (unpaired) electrons. The first-order chi connectivity index (χ1) is 11.8. The molecule has 0 amide bonds. The zero-order valence-corrected chi connectivity index (χ0v) is 14.9. The fourth-order valence-electron chi connectivity index (χ4n) is 3.20. The quantitative estimate of drug-likeness (QED) is 0.608. The molecule has 1 aromatic heterocycles. The van der Waals surface area contributed by atoms with Crippen LogP contribution in [0.25, 0.3) is 17.0 Å². The van der Waals surface area contributed by atoms with E-state index in [1.807, 2.05) is 26.8 Å². The van der Waals surface area contributed by atoms with E-state index in [2.05, 4.69) is 4.57 Å². The number of nitrogens with zero attached hydrogens (tertiary/aromatic N) is 1. The molecule has 1 aromatic carbocycles. The van der Waals surface area contributed by atoms with Gasteiger partial charge in [-0.25, -0.2) is 9.18 Å². The summed E-state index contributed by atoms with van der Waals surface area (Å²) >= 11 is 0. The number of carbonyl (C=O) groups excluding carboxylic acids is 1. The third-order valence-corrected chi connectivity index (χ3v) is 4.18. The number of rotatable bonds is 3. The number of aromatic nitrogens is 1. The molecule has 4 nitrogen and oxygen atoms in total. The second-order valence-corrected chi connectivity index (χ2v) is 7.35. The van der Waals surface area contributed by atoms with Gasteiger partial charge in [0, 0.05) is 41.9 Å². The lowest BCUT2D eigenvalue weighted by atomic mass is 10.1. The summed E-state index contributed by atoms with van der Waals surface area (Å²) in [6.07, 6.45) is 4.98. The van der Waals surface area contributed by atoms with Crippen LogP contribution in [0.3, 0.4) is 0 Å². The standard InChI is InChI=1S/C20H24FNO3/c1-20(2,3)25-19(23)7-5-17-13-14-12-15(21)4-6-18(14)22(17)16-8-10-24-11-9-16/h4-7,12-13,16H,8-11H2,1-3H3/b7-5+. The summed E-state index contributed by atoms with van der Waals surface area (Å²) in [7, 11) is 0. The van der Waals surface area contributed by atoms with E-state index in [9.17, 15) is 9.18 Å². The number of carbonyl (C=O) groups is 1. The maximum atomic E-state index is 13.6. The fraction of sp³-hybridized carbons (Fsp3) is 0.450. The SMILES string of the molecule is CC(C)(C)OC(=O)/C=C/c1cc2cc(F)ccc2n1C1CCOCC1. The lowest BCUT2D eigenvalue weighted by molar-refractivity contribution is -0.148. The van der Waals surface area contributed by atoms with Crippen LogP contribution in [0.5, 0.6) is 0 Å². The van der Waals surface area contributed by atoms with Crippen LogP contribution in [0.4, 0.5) is 4.39 Å². The zero-order valence-electron chi connectivity index (χ0n) is 14.9. The minimum Gasteiger partial charge on any atom is -0.457 e. The predicted molar refractivity (Wildman–Crippen MR) is 95.9 cm³/mol. The largest absolute Gasteiger partial charge is 0.457 e. The highest BCUT2D eigenvalue weighted by Crippen LogP contribution is 2.31. The van der Waals surface area contributed by atoms with Crippen LogP contribution in [0, 0.1) is 5.82 Å². The van der Waals surface area contributed by atoms with Crippen molar-refractivity contribution in [3.8, 4) is 0 Å². The number of ether oxygens (including phenoxy) is 2. The minimum absolute atomic E-state index is 0.265. The minimum atomic E-state index is -0.530. The summed E-state index contributed by atoms with van der Waals surface area (Å²) < 4.78 is 26.6. The van der Waals surface area contributed by atoms with Crippen molar-refractivity contribution in [3.63, 3.8) is 0 Å². The highest BCUT2D eigenvalue weighted by molar-refractivity contribution is 5.90. The van der Waals surface area contributed by atoms with Crippen LogP contribution in [0.15, 0.2) is 30.3 Å². The Morgan fingerprint density at radius 2 is 2.00 bits per heavy atom. The molecule has 1 saturated heterocycles. The van der Waals surface area contributed by atoms with E-state index < -0.39 is 5.60 Å². The number of esters is 1. The van der Waals surface area contributed by atoms with E-state index in [4.69, 9.17) is 9.47 Å². The molecule has 3 rings (SSSR count). The average molecular weight is 345 g/mol. The van der Waals surface area contributed by atoms with Crippen LogP contribution in [-0.2, 0) is 14.3 Å². The van der Waals surface area contributed by atoms with E-state index in [0.29, 0.717) is 13.2 Å². The van der Waals surface area contributed by atoms with E-state index in [-0.39, 0.29) is 17.8 Å². The van der Waals surface area contributed by atoms with Crippen molar-refractivity contribution in [3.05, 3.63) is 41.9 Å². The molecule has 2 heterocycles. The van der Waals surface area contributed by atoms with Crippen molar-refractivity contribution < 1.29 is 18.7 Å². The molecule has 0 saturated carbocycles. The Hall–Kier alpha value is -2.14. The van der Waals surface area contributed by atoms with Crippen molar-refractivity contribution in [2.45, 2.75) is 45.3 Å². The topological polar surface area (TPSA) is 40.5 Å². The number of hydrogen-bond donors (Lipinski definition) is 0. The van der Waals surface area contributed by atoms with Gasteiger partial charge in [-0.2, -0.15) is 0 Å². The van der Waals surface area contributed by atoms with E-state index in [1.54, 1.807) is 12.1 Å². The Morgan fingerprint density at radius 3 is 2.68 bits per heavy atom. The lowest BCUT2D eigenvalue weighted by Gasteiger charge is -2.26.